The molecule has 8 heteroatoms. The zero-order valence-corrected chi connectivity index (χ0v) is 17.6. The molecule has 0 aliphatic rings. The van der Waals surface area contributed by atoms with E-state index in [-0.39, 0.29) is 28.6 Å². The van der Waals surface area contributed by atoms with Crippen molar-refractivity contribution >= 4 is 9.84 Å². The first kappa shape index (κ1) is 21.7. The summed E-state index contributed by atoms with van der Waals surface area (Å²) < 4.78 is 58.5. The first-order chi connectivity index (χ1) is 14.1. The lowest BCUT2D eigenvalue weighted by Crippen LogP contribution is -2.18. The number of halogens is 2. The molecule has 0 saturated heterocycles. The second-order valence-electron chi connectivity index (χ2n) is 7.05. The highest BCUT2D eigenvalue weighted by molar-refractivity contribution is 7.90. The highest BCUT2D eigenvalue weighted by Crippen LogP contribution is 2.31. The van der Waals surface area contributed by atoms with Gasteiger partial charge in [-0.2, -0.15) is 0 Å². The summed E-state index contributed by atoms with van der Waals surface area (Å²) in [6.45, 7) is 3.24. The van der Waals surface area contributed by atoms with Gasteiger partial charge < -0.3 is 9.30 Å². The minimum Gasteiger partial charge on any atom is -0.454 e. The van der Waals surface area contributed by atoms with Gasteiger partial charge in [-0.25, -0.2) is 17.2 Å². The van der Waals surface area contributed by atoms with Crippen LogP contribution in [0.1, 0.15) is 18.1 Å². The number of aromatic nitrogens is 1. The molecule has 158 valence electrons. The lowest BCUT2D eigenvalue weighted by atomic mass is 10.0. The average molecular weight is 433 g/mol. The molecule has 0 atom stereocenters. The van der Waals surface area contributed by atoms with E-state index in [2.05, 4.69) is 0 Å². The summed E-state index contributed by atoms with van der Waals surface area (Å²) >= 11 is 0. The summed E-state index contributed by atoms with van der Waals surface area (Å²) in [5.74, 6) is -1.84. The van der Waals surface area contributed by atoms with Gasteiger partial charge in [-0.15, -0.1) is 0 Å². The van der Waals surface area contributed by atoms with Crippen LogP contribution in [0.25, 0.3) is 11.1 Å². The molecule has 0 saturated carbocycles. The Morgan fingerprint density at radius 3 is 2.40 bits per heavy atom. The molecule has 0 fully saturated rings. The van der Waals surface area contributed by atoms with Crippen molar-refractivity contribution in [2.24, 2.45) is 7.05 Å². The quantitative estimate of drug-likeness (QED) is 0.579. The fraction of sp³-hybridized carbons (Fsp3) is 0.227. The highest BCUT2D eigenvalue weighted by Gasteiger charge is 2.14. The maximum absolute atomic E-state index is 14.0. The molecule has 0 amide bonds. The summed E-state index contributed by atoms with van der Waals surface area (Å²) in [7, 11) is -1.71. The molecule has 0 N–H and O–H groups in total. The van der Waals surface area contributed by atoms with Crippen LogP contribution in [0.2, 0.25) is 0 Å². The van der Waals surface area contributed by atoms with Crippen molar-refractivity contribution in [3.05, 3.63) is 81.8 Å². The molecule has 0 radical (unpaired) electrons. The van der Waals surface area contributed by atoms with Crippen LogP contribution in [0.15, 0.2) is 53.5 Å². The Balaban J connectivity index is 2.12. The third kappa shape index (κ3) is 4.94. The number of sulfone groups is 1. The van der Waals surface area contributed by atoms with Gasteiger partial charge in [0.15, 0.2) is 21.4 Å². The van der Waals surface area contributed by atoms with Crippen molar-refractivity contribution in [2.45, 2.75) is 19.6 Å². The first-order valence-corrected chi connectivity index (χ1v) is 11.0. The normalized spacial score (nSPS) is 11.5. The second-order valence-corrected chi connectivity index (χ2v) is 9.40. The summed E-state index contributed by atoms with van der Waals surface area (Å²) in [5.41, 5.74) is 2.12. The van der Waals surface area contributed by atoms with E-state index in [4.69, 9.17) is 4.74 Å². The number of benzene rings is 2. The van der Waals surface area contributed by atoms with Crippen LogP contribution in [0.4, 0.5) is 8.78 Å². The molecule has 0 bridgehead atoms. The van der Waals surface area contributed by atoms with E-state index in [0.717, 1.165) is 12.1 Å². The molecule has 0 spiro atoms. The Kier molecular flexibility index (Phi) is 6.07. The van der Waals surface area contributed by atoms with E-state index in [1.807, 2.05) is 0 Å². The Hall–Kier alpha value is -3.00. The summed E-state index contributed by atoms with van der Waals surface area (Å²) in [6, 6.07) is 9.45. The molecule has 5 nitrogen and oxygen atoms in total. The predicted molar refractivity (Wildman–Crippen MR) is 111 cm³/mol. The van der Waals surface area contributed by atoms with Gasteiger partial charge in [-0.05, 0) is 60.0 Å². The minimum atomic E-state index is -3.33. The van der Waals surface area contributed by atoms with E-state index >= 15 is 0 Å². The second kappa shape index (κ2) is 8.39. The fourth-order valence-electron chi connectivity index (χ4n) is 3.05. The molecule has 2 aromatic carbocycles. The third-order valence-corrected chi connectivity index (χ3v) is 6.26. The van der Waals surface area contributed by atoms with Crippen molar-refractivity contribution in [1.82, 2.24) is 4.57 Å². The van der Waals surface area contributed by atoms with Crippen LogP contribution in [0.3, 0.4) is 0 Å². The number of ether oxygens (including phenoxy) is 1. The highest BCUT2D eigenvalue weighted by atomic mass is 32.2. The number of pyridine rings is 1. The van der Waals surface area contributed by atoms with Gasteiger partial charge in [0.2, 0.25) is 0 Å². The van der Waals surface area contributed by atoms with Crippen LogP contribution in [-0.2, 0) is 22.6 Å². The number of nitrogens with zero attached hydrogens (tertiary/aromatic N) is 1. The van der Waals surface area contributed by atoms with Crippen LogP contribution in [-0.4, -0.2) is 18.7 Å². The monoisotopic (exact) mass is 433 g/mol. The molecular formula is C22H21F2NO4S. The van der Waals surface area contributed by atoms with Crippen LogP contribution < -0.4 is 10.3 Å². The van der Waals surface area contributed by atoms with Gasteiger partial charge in [0.05, 0.1) is 5.75 Å². The molecule has 1 heterocycles. The molecule has 0 unspecified atom stereocenters. The predicted octanol–water partition coefficient (Wildman–Crippen LogP) is 4.37. The van der Waals surface area contributed by atoms with Crippen molar-refractivity contribution in [3.63, 3.8) is 0 Å². The van der Waals surface area contributed by atoms with Crippen molar-refractivity contribution in [3.8, 4) is 22.6 Å². The SMILES string of the molecule is CCS(=O)(=O)Cc1cc(Oc2ccc(F)cc2F)cc(-c2cc(C)c(=O)n(C)c2)c1. The smallest absolute Gasteiger partial charge is 0.253 e. The third-order valence-electron chi connectivity index (χ3n) is 4.61. The van der Waals surface area contributed by atoms with Crippen molar-refractivity contribution < 1.29 is 21.9 Å². The zero-order valence-electron chi connectivity index (χ0n) is 16.8. The molecule has 0 aliphatic carbocycles. The van der Waals surface area contributed by atoms with Crippen molar-refractivity contribution in [1.29, 1.82) is 0 Å². The molecule has 3 rings (SSSR count). The molecule has 3 aromatic rings. The van der Waals surface area contributed by atoms with Gasteiger partial charge in [0.25, 0.3) is 5.56 Å². The standard InChI is InChI=1S/C22H21F2NO4S/c1-4-30(27,28)13-15-8-16(17-7-14(2)22(26)25(3)12-17)10-19(9-15)29-21-6-5-18(23)11-20(21)24/h5-12H,4,13H2,1-3H3. The number of hydrogen-bond acceptors (Lipinski definition) is 4. The first-order valence-electron chi connectivity index (χ1n) is 9.23. The summed E-state index contributed by atoms with van der Waals surface area (Å²) in [5, 5.41) is 0. The van der Waals surface area contributed by atoms with E-state index in [1.54, 1.807) is 45.3 Å². The Labute approximate surface area is 173 Å². The van der Waals surface area contributed by atoms with E-state index in [0.29, 0.717) is 28.3 Å². The van der Waals surface area contributed by atoms with E-state index in [1.165, 1.54) is 10.6 Å². The van der Waals surface area contributed by atoms with Gasteiger partial charge in [0, 0.05) is 30.6 Å². The largest absolute Gasteiger partial charge is 0.454 e. The number of rotatable bonds is 6. The average Bonchev–Trinajstić information content (AvgIpc) is 2.67. The zero-order chi connectivity index (χ0) is 22.1. The maximum Gasteiger partial charge on any atom is 0.253 e. The maximum atomic E-state index is 14.0. The van der Waals surface area contributed by atoms with Gasteiger partial charge >= 0.3 is 0 Å². The molecule has 1 aromatic heterocycles. The van der Waals surface area contributed by atoms with Crippen LogP contribution in [0.5, 0.6) is 11.5 Å². The lowest BCUT2D eigenvalue weighted by molar-refractivity contribution is 0.437. The molecular weight excluding hydrogens is 412 g/mol. The van der Waals surface area contributed by atoms with Crippen LogP contribution in [0, 0.1) is 18.6 Å². The summed E-state index contributed by atoms with van der Waals surface area (Å²) in [4.78, 5) is 12.0. The topological polar surface area (TPSA) is 65.4 Å². The molecule has 0 aliphatic heterocycles. The Morgan fingerprint density at radius 1 is 1.03 bits per heavy atom. The molecule has 30 heavy (non-hydrogen) atoms. The fourth-order valence-corrected chi connectivity index (χ4v) is 3.92. The van der Waals surface area contributed by atoms with Gasteiger partial charge in [-0.1, -0.05) is 6.92 Å². The Morgan fingerprint density at radius 2 is 1.77 bits per heavy atom. The Bertz CT molecular complexity index is 1240. The van der Waals surface area contributed by atoms with Gasteiger partial charge in [-0.3, -0.25) is 4.79 Å². The van der Waals surface area contributed by atoms with Crippen molar-refractivity contribution in [2.75, 3.05) is 5.75 Å². The lowest BCUT2D eigenvalue weighted by Gasteiger charge is -2.13. The number of hydrogen-bond donors (Lipinski definition) is 0. The summed E-state index contributed by atoms with van der Waals surface area (Å²) in [6.07, 6.45) is 1.63. The minimum absolute atomic E-state index is 0.0288. The van der Waals surface area contributed by atoms with E-state index < -0.39 is 21.5 Å². The van der Waals surface area contributed by atoms with E-state index in [9.17, 15) is 22.0 Å². The van der Waals surface area contributed by atoms with Gasteiger partial charge in [0.1, 0.15) is 11.6 Å². The van der Waals surface area contributed by atoms with Crippen LogP contribution >= 0.6 is 0 Å². The number of aryl methyl sites for hydroxylation is 2.